The molecule has 0 aromatic heterocycles. The third-order valence-electron chi connectivity index (χ3n) is 3.48. The van der Waals surface area contributed by atoms with Crippen molar-refractivity contribution in [3.8, 4) is 11.5 Å². The van der Waals surface area contributed by atoms with E-state index in [1.54, 1.807) is 0 Å². The minimum atomic E-state index is -0.125. The maximum atomic E-state index is 6.17. The van der Waals surface area contributed by atoms with Gasteiger partial charge in [-0.15, -0.1) is 0 Å². The molecule has 0 saturated carbocycles. The Morgan fingerprint density at radius 1 is 1.20 bits per heavy atom. The molecule has 4 heteroatoms. The van der Waals surface area contributed by atoms with Crippen LogP contribution in [0.1, 0.15) is 38.3 Å². The van der Waals surface area contributed by atoms with E-state index in [1.807, 2.05) is 18.2 Å². The van der Waals surface area contributed by atoms with Gasteiger partial charge in [0.15, 0.2) is 11.5 Å². The zero-order chi connectivity index (χ0) is 14.4. The van der Waals surface area contributed by atoms with Gasteiger partial charge in [-0.25, -0.2) is 0 Å². The van der Waals surface area contributed by atoms with E-state index < -0.39 is 0 Å². The van der Waals surface area contributed by atoms with Gasteiger partial charge in [0.05, 0.1) is 12.6 Å². The van der Waals surface area contributed by atoms with Gasteiger partial charge in [0.25, 0.3) is 0 Å². The van der Waals surface area contributed by atoms with Crippen LogP contribution in [0.4, 0.5) is 0 Å². The summed E-state index contributed by atoms with van der Waals surface area (Å²) in [4.78, 5) is 0. The molecule has 0 aliphatic carbocycles. The largest absolute Gasteiger partial charge is 0.486 e. The van der Waals surface area contributed by atoms with Crippen LogP contribution in [-0.4, -0.2) is 26.4 Å². The van der Waals surface area contributed by atoms with Crippen LogP contribution < -0.4 is 15.2 Å². The van der Waals surface area contributed by atoms with E-state index in [0.717, 1.165) is 23.7 Å². The number of ether oxygens (including phenoxy) is 3. The van der Waals surface area contributed by atoms with Crippen molar-refractivity contribution in [1.29, 1.82) is 0 Å². The van der Waals surface area contributed by atoms with Gasteiger partial charge in [-0.05, 0) is 30.0 Å². The normalized spacial score (nSPS) is 16.8. The monoisotopic (exact) mass is 279 g/mol. The summed E-state index contributed by atoms with van der Waals surface area (Å²) in [5, 5.41) is 0. The van der Waals surface area contributed by atoms with Crippen molar-refractivity contribution in [2.24, 2.45) is 11.7 Å². The number of benzene rings is 1. The van der Waals surface area contributed by atoms with E-state index >= 15 is 0 Å². The van der Waals surface area contributed by atoms with Crippen LogP contribution >= 0.6 is 0 Å². The molecular formula is C16H25NO3. The number of hydrogen-bond acceptors (Lipinski definition) is 4. The van der Waals surface area contributed by atoms with Gasteiger partial charge < -0.3 is 19.9 Å². The van der Waals surface area contributed by atoms with Crippen molar-refractivity contribution in [1.82, 2.24) is 0 Å². The summed E-state index contributed by atoms with van der Waals surface area (Å²) in [6.45, 7) is 6.91. The van der Waals surface area contributed by atoms with Crippen molar-refractivity contribution >= 4 is 0 Å². The Labute approximate surface area is 121 Å². The van der Waals surface area contributed by atoms with Crippen LogP contribution in [0.15, 0.2) is 18.2 Å². The fraction of sp³-hybridized carbons (Fsp3) is 0.625. The Bertz CT molecular complexity index is 422. The third kappa shape index (κ3) is 4.12. The smallest absolute Gasteiger partial charge is 0.161 e. The van der Waals surface area contributed by atoms with Crippen LogP contribution in [0.25, 0.3) is 0 Å². The Balaban J connectivity index is 1.84. The van der Waals surface area contributed by atoms with Crippen molar-refractivity contribution in [2.45, 2.75) is 32.7 Å². The number of fused-ring (bicyclic) bond motifs is 1. The third-order valence-corrected chi connectivity index (χ3v) is 3.48. The van der Waals surface area contributed by atoms with Crippen LogP contribution in [0.2, 0.25) is 0 Å². The summed E-state index contributed by atoms with van der Waals surface area (Å²) in [5.41, 5.74) is 7.19. The molecular weight excluding hydrogens is 254 g/mol. The molecule has 2 rings (SSSR count). The number of rotatable bonds is 7. The van der Waals surface area contributed by atoms with Gasteiger partial charge in [-0.3, -0.25) is 0 Å². The first-order valence-corrected chi connectivity index (χ1v) is 7.43. The SMILES string of the molecule is CCCC(C)COCC(N)c1ccc2c(c1)OCCO2. The Kier molecular flexibility index (Phi) is 5.68. The van der Waals surface area contributed by atoms with E-state index in [2.05, 4.69) is 13.8 Å². The first-order chi connectivity index (χ1) is 9.70. The van der Waals surface area contributed by atoms with Crippen LogP contribution in [0.3, 0.4) is 0 Å². The molecule has 1 heterocycles. The van der Waals surface area contributed by atoms with E-state index in [9.17, 15) is 0 Å². The van der Waals surface area contributed by atoms with Gasteiger partial charge >= 0.3 is 0 Å². The molecule has 0 fully saturated rings. The Morgan fingerprint density at radius 2 is 1.95 bits per heavy atom. The van der Waals surface area contributed by atoms with Gasteiger partial charge in [-0.1, -0.05) is 26.3 Å². The molecule has 2 unspecified atom stereocenters. The standard InChI is InChI=1S/C16H25NO3/c1-3-4-12(2)10-18-11-14(17)13-5-6-15-16(9-13)20-8-7-19-15/h5-6,9,12,14H,3-4,7-8,10-11,17H2,1-2H3. The summed E-state index contributed by atoms with van der Waals surface area (Å²) in [6.07, 6.45) is 2.39. The van der Waals surface area contributed by atoms with Crippen molar-refractivity contribution < 1.29 is 14.2 Å². The lowest BCUT2D eigenvalue weighted by Gasteiger charge is -2.21. The highest BCUT2D eigenvalue weighted by Crippen LogP contribution is 2.32. The molecule has 0 amide bonds. The summed E-state index contributed by atoms with van der Waals surface area (Å²) in [5.74, 6) is 2.17. The molecule has 0 spiro atoms. The molecule has 0 bridgehead atoms. The lowest BCUT2D eigenvalue weighted by atomic mass is 10.1. The molecule has 0 saturated heterocycles. The fourth-order valence-electron chi connectivity index (χ4n) is 2.36. The van der Waals surface area contributed by atoms with Crippen LogP contribution in [-0.2, 0) is 4.74 Å². The molecule has 1 aliphatic heterocycles. The minimum absolute atomic E-state index is 0.125. The zero-order valence-corrected chi connectivity index (χ0v) is 12.4. The number of hydrogen-bond donors (Lipinski definition) is 1. The predicted octanol–water partition coefficient (Wildman–Crippen LogP) is 2.91. The average molecular weight is 279 g/mol. The summed E-state index contributed by atoms with van der Waals surface area (Å²) in [6, 6.07) is 5.73. The van der Waals surface area contributed by atoms with Crippen LogP contribution in [0, 0.1) is 5.92 Å². The highest BCUT2D eigenvalue weighted by atomic mass is 16.6. The van der Waals surface area contributed by atoms with Gasteiger partial charge in [0, 0.05) is 6.61 Å². The van der Waals surface area contributed by atoms with Gasteiger partial charge in [-0.2, -0.15) is 0 Å². The summed E-state index contributed by atoms with van der Waals surface area (Å²) in [7, 11) is 0. The molecule has 20 heavy (non-hydrogen) atoms. The maximum Gasteiger partial charge on any atom is 0.161 e. The van der Waals surface area contributed by atoms with E-state index in [0.29, 0.717) is 25.7 Å². The second-order valence-electron chi connectivity index (χ2n) is 5.44. The number of nitrogens with two attached hydrogens (primary N) is 1. The molecule has 0 radical (unpaired) electrons. The maximum absolute atomic E-state index is 6.17. The van der Waals surface area contributed by atoms with Gasteiger partial charge in [0.2, 0.25) is 0 Å². The predicted molar refractivity (Wildman–Crippen MR) is 79.3 cm³/mol. The highest BCUT2D eigenvalue weighted by Gasteiger charge is 2.15. The lowest BCUT2D eigenvalue weighted by molar-refractivity contribution is 0.0907. The molecule has 4 nitrogen and oxygen atoms in total. The first kappa shape index (κ1) is 15.1. The second kappa shape index (κ2) is 7.50. The fourth-order valence-corrected chi connectivity index (χ4v) is 2.36. The van der Waals surface area contributed by atoms with Crippen molar-refractivity contribution in [3.05, 3.63) is 23.8 Å². The first-order valence-electron chi connectivity index (χ1n) is 7.43. The second-order valence-corrected chi connectivity index (χ2v) is 5.44. The summed E-state index contributed by atoms with van der Waals surface area (Å²) >= 11 is 0. The van der Waals surface area contributed by atoms with Crippen molar-refractivity contribution in [2.75, 3.05) is 26.4 Å². The quantitative estimate of drug-likeness (QED) is 0.834. The Morgan fingerprint density at radius 3 is 2.70 bits per heavy atom. The molecule has 1 aromatic carbocycles. The molecule has 2 atom stereocenters. The van der Waals surface area contributed by atoms with Crippen LogP contribution in [0.5, 0.6) is 11.5 Å². The van der Waals surface area contributed by atoms with E-state index in [4.69, 9.17) is 19.9 Å². The van der Waals surface area contributed by atoms with Crippen molar-refractivity contribution in [3.63, 3.8) is 0 Å². The Hall–Kier alpha value is -1.26. The lowest BCUT2D eigenvalue weighted by Crippen LogP contribution is -2.20. The van der Waals surface area contributed by atoms with E-state index in [1.165, 1.54) is 12.8 Å². The zero-order valence-electron chi connectivity index (χ0n) is 12.4. The average Bonchev–Trinajstić information content (AvgIpc) is 2.47. The molecule has 112 valence electrons. The molecule has 1 aromatic rings. The van der Waals surface area contributed by atoms with Gasteiger partial charge in [0.1, 0.15) is 13.2 Å². The minimum Gasteiger partial charge on any atom is -0.486 e. The highest BCUT2D eigenvalue weighted by molar-refractivity contribution is 5.44. The molecule has 1 aliphatic rings. The topological polar surface area (TPSA) is 53.7 Å². The summed E-state index contributed by atoms with van der Waals surface area (Å²) < 4.78 is 16.8. The van der Waals surface area contributed by atoms with E-state index in [-0.39, 0.29) is 6.04 Å². The molecule has 2 N–H and O–H groups in total.